The van der Waals surface area contributed by atoms with Crippen molar-refractivity contribution in [3.8, 4) is 0 Å². The summed E-state index contributed by atoms with van der Waals surface area (Å²) in [5.74, 6) is 0. The van der Waals surface area contributed by atoms with Crippen LogP contribution in [0.15, 0.2) is 24.3 Å². The highest BCUT2D eigenvalue weighted by Gasteiger charge is 2.19. The predicted octanol–water partition coefficient (Wildman–Crippen LogP) is 3.39. The fourth-order valence-corrected chi connectivity index (χ4v) is 2.68. The van der Waals surface area contributed by atoms with E-state index in [9.17, 15) is 0 Å². The molecule has 1 unspecified atom stereocenters. The van der Waals surface area contributed by atoms with Crippen molar-refractivity contribution in [3.63, 3.8) is 0 Å². The Kier molecular flexibility index (Phi) is 4.61. The van der Waals surface area contributed by atoms with Crippen molar-refractivity contribution < 1.29 is 0 Å². The molecule has 0 aliphatic heterocycles. The molecule has 0 saturated carbocycles. The minimum Gasteiger partial charge on any atom is -0.308 e. The van der Waals surface area contributed by atoms with Gasteiger partial charge in [0.1, 0.15) is 0 Å². The largest absolute Gasteiger partial charge is 0.308 e. The first-order chi connectivity index (χ1) is 9.60. The Balaban J connectivity index is 2.51. The molecular formula is C17H25N3. The summed E-state index contributed by atoms with van der Waals surface area (Å²) in [6.07, 6.45) is 0.975. The SMILES string of the molecule is CCc1cc(C(NC)c2cc(C)ccc2C)n(CC)n1. The molecule has 1 aromatic heterocycles. The van der Waals surface area contributed by atoms with E-state index in [4.69, 9.17) is 0 Å². The number of hydrogen-bond donors (Lipinski definition) is 1. The normalized spacial score (nSPS) is 12.7. The minimum atomic E-state index is 0.197. The number of nitrogens with zero attached hydrogens (tertiary/aromatic N) is 2. The van der Waals surface area contributed by atoms with Gasteiger partial charge in [-0.15, -0.1) is 0 Å². The van der Waals surface area contributed by atoms with E-state index in [1.807, 2.05) is 7.05 Å². The molecule has 0 radical (unpaired) electrons. The molecule has 1 N–H and O–H groups in total. The van der Waals surface area contributed by atoms with Crippen LogP contribution in [0.2, 0.25) is 0 Å². The Hall–Kier alpha value is -1.61. The molecule has 20 heavy (non-hydrogen) atoms. The first-order valence-corrected chi connectivity index (χ1v) is 7.41. The Morgan fingerprint density at radius 1 is 1.20 bits per heavy atom. The van der Waals surface area contributed by atoms with Gasteiger partial charge in [-0.05, 0) is 51.4 Å². The molecule has 3 nitrogen and oxygen atoms in total. The van der Waals surface area contributed by atoms with Gasteiger partial charge in [0.15, 0.2) is 0 Å². The molecule has 1 heterocycles. The molecule has 2 aromatic rings. The van der Waals surface area contributed by atoms with Crippen molar-refractivity contribution in [2.24, 2.45) is 0 Å². The molecule has 0 fully saturated rings. The third kappa shape index (κ3) is 2.78. The maximum Gasteiger partial charge on any atom is 0.0748 e. The fourth-order valence-electron chi connectivity index (χ4n) is 2.68. The fraction of sp³-hybridized carbons (Fsp3) is 0.471. The minimum absolute atomic E-state index is 0.197. The number of benzene rings is 1. The molecule has 0 amide bonds. The van der Waals surface area contributed by atoms with Crippen LogP contribution in [-0.2, 0) is 13.0 Å². The van der Waals surface area contributed by atoms with Gasteiger partial charge >= 0.3 is 0 Å². The number of aryl methyl sites for hydroxylation is 4. The number of aromatic nitrogens is 2. The molecule has 0 spiro atoms. The van der Waals surface area contributed by atoms with Crippen LogP contribution in [0.5, 0.6) is 0 Å². The van der Waals surface area contributed by atoms with Crippen LogP contribution in [-0.4, -0.2) is 16.8 Å². The molecule has 108 valence electrons. The van der Waals surface area contributed by atoms with Gasteiger partial charge in [-0.3, -0.25) is 4.68 Å². The lowest BCUT2D eigenvalue weighted by Crippen LogP contribution is -2.22. The summed E-state index contributed by atoms with van der Waals surface area (Å²) in [7, 11) is 2.02. The topological polar surface area (TPSA) is 29.9 Å². The van der Waals surface area contributed by atoms with Crippen LogP contribution >= 0.6 is 0 Å². The van der Waals surface area contributed by atoms with Crippen molar-refractivity contribution in [2.45, 2.75) is 46.7 Å². The van der Waals surface area contributed by atoms with Crippen LogP contribution in [0.1, 0.15) is 48.0 Å². The van der Waals surface area contributed by atoms with Crippen molar-refractivity contribution >= 4 is 0 Å². The van der Waals surface area contributed by atoms with E-state index in [0.29, 0.717) is 0 Å². The zero-order valence-electron chi connectivity index (χ0n) is 13.2. The summed E-state index contributed by atoms with van der Waals surface area (Å²) in [5.41, 5.74) is 6.36. The van der Waals surface area contributed by atoms with Crippen molar-refractivity contribution in [3.05, 3.63) is 52.3 Å². The highest BCUT2D eigenvalue weighted by molar-refractivity contribution is 5.37. The van der Waals surface area contributed by atoms with E-state index >= 15 is 0 Å². The van der Waals surface area contributed by atoms with Gasteiger partial charge in [0, 0.05) is 6.54 Å². The lowest BCUT2D eigenvalue weighted by molar-refractivity contribution is 0.558. The van der Waals surface area contributed by atoms with Crippen LogP contribution in [0.25, 0.3) is 0 Å². The number of rotatable bonds is 5. The molecule has 3 heteroatoms. The average molecular weight is 271 g/mol. The highest BCUT2D eigenvalue weighted by atomic mass is 15.3. The zero-order valence-corrected chi connectivity index (χ0v) is 13.2. The van der Waals surface area contributed by atoms with Crippen LogP contribution < -0.4 is 5.32 Å². The quantitative estimate of drug-likeness (QED) is 0.903. The molecule has 2 rings (SSSR count). The Bertz CT molecular complexity index is 584. The highest BCUT2D eigenvalue weighted by Crippen LogP contribution is 2.26. The molecule has 1 aromatic carbocycles. The van der Waals surface area contributed by atoms with Crippen LogP contribution in [0.3, 0.4) is 0 Å². The lowest BCUT2D eigenvalue weighted by Gasteiger charge is -2.20. The average Bonchev–Trinajstić information content (AvgIpc) is 2.87. The van der Waals surface area contributed by atoms with Crippen LogP contribution in [0, 0.1) is 13.8 Å². The lowest BCUT2D eigenvalue weighted by atomic mass is 9.96. The van der Waals surface area contributed by atoms with E-state index in [-0.39, 0.29) is 6.04 Å². The molecular weight excluding hydrogens is 246 g/mol. The summed E-state index contributed by atoms with van der Waals surface area (Å²) < 4.78 is 2.11. The molecule has 0 aliphatic carbocycles. The zero-order chi connectivity index (χ0) is 14.7. The van der Waals surface area contributed by atoms with E-state index in [0.717, 1.165) is 18.7 Å². The molecule has 0 bridgehead atoms. The van der Waals surface area contributed by atoms with Crippen LogP contribution in [0.4, 0.5) is 0 Å². The summed E-state index contributed by atoms with van der Waals surface area (Å²) in [5, 5.41) is 8.12. The number of hydrogen-bond acceptors (Lipinski definition) is 2. The second-order valence-electron chi connectivity index (χ2n) is 5.31. The first kappa shape index (κ1) is 14.8. The molecule has 0 aliphatic rings. The summed E-state index contributed by atoms with van der Waals surface area (Å²) in [6.45, 7) is 9.51. The second kappa shape index (κ2) is 6.23. The summed E-state index contributed by atoms with van der Waals surface area (Å²) in [6, 6.07) is 9.06. The van der Waals surface area contributed by atoms with E-state index in [1.54, 1.807) is 0 Å². The number of nitrogens with one attached hydrogen (secondary N) is 1. The van der Waals surface area contributed by atoms with Gasteiger partial charge in [0.2, 0.25) is 0 Å². The van der Waals surface area contributed by atoms with Gasteiger partial charge < -0.3 is 5.32 Å². The summed E-state index contributed by atoms with van der Waals surface area (Å²) in [4.78, 5) is 0. The predicted molar refractivity (Wildman–Crippen MR) is 84.1 cm³/mol. The van der Waals surface area contributed by atoms with Gasteiger partial charge in [-0.25, -0.2) is 0 Å². The molecule has 0 saturated heterocycles. The van der Waals surface area contributed by atoms with Gasteiger partial charge in [-0.2, -0.15) is 5.10 Å². The molecule has 1 atom stereocenters. The Labute approximate surface area is 122 Å². The van der Waals surface area contributed by atoms with E-state index < -0.39 is 0 Å². The maximum atomic E-state index is 4.67. The van der Waals surface area contributed by atoms with Crippen molar-refractivity contribution in [1.29, 1.82) is 0 Å². The smallest absolute Gasteiger partial charge is 0.0748 e. The Morgan fingerprint density at radius 3 is 2.55 bits per heavy atom. The van der Waals surface area contributed by atoms with Crippen molar-refractivity contribution in [1.82, 2.24) is 15.1 Å². The van der Waals surface area contributed by atoms with Gasteiger partial charge in [0.25, 0.3) is 0 Å². The monoisotopic (exact) mass is 271 g/mol. The first-order valence-electron chi connectivity index (χ1n) is 7.41. The van der Waals surface area contributed by atoms with Crippen molar-refractivity contribution in [2.75, 3.05) is 7.05 Å². The van der Waals surface area contributed by atoms with E-state index in [1.165, 1.54) is 22.4 Å². The standard InChI is InChI=1S/C17H25N3/c1-6-14-11-16(20(7-2)19-14)17(18-5)15-10-12(3)8-9-13(15)4/h8-11,17-18H,6-7H2,1-5H3. The summed E-state index contributed by atoms with van der Waals surface area (Å²) >= 11 is 0. The Morgan fingerprint density at radius 2 is 1.95 bits per heavy atom. The maximum absolute atomic E-state index is 4.67. The third-order valence-corrected chi connectivity index (χ3v) is 3.85. The third-order valence-electron chi connectivity index (χ3n) is 3.85. The van der Waals surface area contributed by atoms with E-state index in [2.05, 4.69) is 67.1 Å². The van der Waals surface area contributed by atoms with Gasteiger partial charge in [-0.1, -0.05) is 30.7 Å². The van der Waals surface area contributed by atoms with Gasteiger partial charge in [0.05, 0.1) is 17.4 Å². The second-order valence-corrected chi connectivity index (χ2v) is 5.31.